The molecule has 8 heavy (non-hydrogen) atoms. The van der Waals surface area contributed by atoms with E-state index in [4.69, 9.17) is 11.1 Å². The summed E-state index contributed by atoms with van der Waals surface area (Å²) in [7, 11) is -1.29. The first-order valence-electron chi connectivity index (χ1n) is 3.17. The lowest BCUT2D eigenvalue weighted by molar-refractivity contribution is 0.854. The van der Waals surface area contributed by atoms with Crippen molar-refractivity contribution in [3.8, 4) is 0 Å². The lowest BCUT2D eigenvalue weighted by Crippen LogP contribution is -2.22. The molecule has 0 saturated carbocycles. The van der Waals surface area contributed by atoms with Crippen LogP contribution in [0.5, 0.6) is 0 Å². The van der Waals surface area contributed by atoms with Crippen LogP contribution in [0.4, 0.5) is 0 Å². The number of rotatable bonds is 2. The van der Waals surface area contributed by atoms with Gasteiger partial charge in [-0.2, -0.15) is 11.1 Å². The summed E-state index contributed by atoms with van der Waals surface area (Å²) >= 11 is 6.12. The minimum Gasteiger partial charge on any atom is -0.167 e. The van der Waals surface area contributed by atoms with Crippen molar-refractivity contribution in [3.05, 3.63) is 0 Å². The monoisotopic (exact) mass is 150 g/mol. The van der Waals surface area contributed by atoms with Gasteiger partial charge in [-0.3, -0.25) is 0 Å². The minimum absolute atomic E-state index is 0.754. The van der Waals surface area contributed by atoms with Gasteiger partial charge in [0.15, 0.2) is 7.38 Å². The largest absolute Gasteiger partial charge is 0.167 e. The summed E-state index contributed by atoms with van der Waals surface area (Å²) in [4.78, 5) is 0. The average Bonchev–Trinajstić information content (AvgIpc) is 1.62. The molecular weight excluding hydrogens is 136 g/mol. The van der Waals surface area contributed by atoms with Gasteiger partial charge in [-0.1, -0.05) is 33.4 Å². The van der Waals surface area contributed by atoms with Gasteiger partial charge in [-0.25, -0.2) is 0 Å². The van der Waals surface area contributed by atoms with E-state index in [9.17, 15) is 0 Å². The molecule has 0 aromatic rings. The Hall–Kier alpha value is 0.507. The van der Waals surface area contributed by atoms with Crippen LogP contribution in [0.3, 0.4) is 0 Å². The minimum atomic E-state index is -1.29. The first kappa shape index (κ1) is 8.51. The molecule has 0 nitrogen and oxygen atoms in total. The lowest BCUT2D eigenvalue weighted by atomic mass is 10.4. The SMILES string of the molecule is CCC(C)[Si](C)(C)Cl. The summed E-state index contributed by atoms with van der Waals surface area (Å²) in [6, 6.07) is 0. The van der Waals surface area contributed by atoms with Crippen molar-refractivity contribution < 1.29 is 0 Å². The summed E-state index contributed by atoms with van der Waals surface area (Å²) < 4.78 is 0. The number of hydrogen-bond donors (Lipinski definition) is 0. The summed E-state index contributed by atoms with van der Waals surface area (Å²) in [5, 5.41) is 0. The molecule has 0 radical (unpaired) electrons. The molecule has 0 fully saturated rings. The molecule has 0 amide bonds. The molecule has 0 bridgehead atoms. The molecule has 2 heteroatoms. The molecule has 0 aromatic carbocycles. The van der Waals surface area contributed by atoms with E-state index in [1.54, 1.807) is 0 Å². The van der Waals surface area contributed by atoms with E-state index in [0.29, 0.717) is 0 Å². The van der Waals surface area contributed by atoms with E-state index >= 15 is 0 Å². The Morgan fingerprint density at radius 3 is 1.88 bits per heavy atom. The van der Waals surface area contributed by atoms with Crippen LogP contribution in [0.15, 0.2) is 0 Å². The van der Waals surface area contributed by atoms with Crippen molar-refractivity contribution in [2.24, 2.45) is 0 Å². The van der Waals surface area contributed by atoms with E-state index in [1.807, 2.05) is 0 Å². The highest BCUT2D eigenvalue weighted by Gasteiger charge is 2.23. The van der Waals surface area contributed by atoms with E-state index in [-0.39, 0.29) is 0 Å². The molecule has 0 heterocycles. The molecule has 0 saturated heterocycles. The van der Waals surface area contributed by atoms with Gasteiger partial charge in [0.2, 0.25) is 0 Å². The summed E-state index contributed by atoms with van der Waals surface area (Å²) in [6.45, 7) is 8.83. The van der Waals surface area contributed by atoms with Gasteiger partial charge >= 0.3 is 0 Å². The fourth-order valence-electron chi connectivity index (χ4n) is 0.485. The third kappa shape index (κ3) is 2.73. The fourth-order valence-corrected chi connectivity index (χ4v) is 1.92. The van der Waals surface area contributed by atoms with Crippen LogP contribution in [0.1, 0.15) is 20.3 Å². The maximum Gasteiger partial charge on any atom is 0.153 e. The van der Waals surface area contributed by atoms with E-state index in [0.717, 1.165) is 5.54 Å². The zero-order valence-electron chi connectivity index (χ0n) is 6.16. The van der Waals surface area contributed by atoms with Gasteiger partial charge < -0.3 is 0 Å². The van der Waals surface area contributed by atoms with Crippen molar-refractivity contribution in [3.63, 3.8) is 0 Å². The second kappa shape index (κ2) is 2.88. The van der Waals surface area contributed by atoms with Crippen LogP contribution >= 0.6 is 11.1 Å². The summed E-state index contributed by atoms with van der Waals surface area (Å²) in [6.07, 6.45) is 1.22. The molecule has 1 unspecified atom stereocenters. The topological polar surface area (TPSA) is 0 Å². The molecule has 1 atom stereocenters. The normalized spacial score (nSPS) is 16.1. The highest BCUT2D eigenvalue weighted by molar-refractivity contribution is 7.19. The Morgan fingerprint density at radius 2 is 1.88 bits per heavy atom. The third-order valence-electron chi connectivity index (χ3n) is 1.78. The van der Waals surface area contributed by atoms with Gasteiger partial charge in [0.25, 0.3) is 0 Å². The van der Waals surface area contributed by atoms with Gasteiger partial charge in [0.05, 0.1) is 0 Å². The molecule has 0 rings (SSSR count). The third-order valence-corrected chi connectivity index (χ3v) is 5.65. The average molecular weight is 151 g/mol. The maximum atomic E-state index is 6.12. The molecule has 0 aliphatic rings. The van der Waals surface area contributed by atoms with E-state index < -0.39 is 7.38 Å². The van der Waals surface area contributed by atoms with Crippen LogP contribution in [0.25, 0.3) is 0 Å². The number of halogens is 1. The Labute approximate surface area is 58.0 Å². The second-order valence-electron chi connectivity index (χ2n) is 2.87. The molecular formula is C6H15ClSi. The lowest BCUT2D eigenvalue weighted by Gasteiger charge is -2.19. The fraction of sp³-hybridized carbons (Fsp3) is 1.00. The van der Waals surface area contributed by atoms with Crippen molar-refractivity contribution in [2.45, 2.75) is 38.9 Å². The predicted molar refractivity (Wildman–Crippen MR) is 43.1 cm³/mol. The molecule has 0 N–H and O–H groups in total. The smallest absolute Gasteiger partial charge is 0.153 e. The highest BCUT2D eigenvalue weighted by Crippen LogP contribution is 2.27. The molecule has 0 aromatic heterocycles. The first-order valence-corrected chi connectivity index (χ1v) is 7.26. The van der Waals surface area contributed by atoms with Crippen molar-refractivity contribution in [1.29, 1.82) is 0 Å². The van der Waals surface area contributed by atoms with Gasteiger partial charge in [0, 0.05) is 0 Å². The summed E-state index contributed by atoms with van der Waals surface area (Å²) in [5.74, 6) is 0. The van der Waals surface area contributed by atoms with Crippen molar-refractivity contribution in [1.82, 2.24) is 0 Å². The number of hydrogen-bond acceptors (Lipinski definition) is 0. The Kier molecular flexibility index (Phi) is 3.06. The van der Waals surface area contributed by atoms with Crippen LogP contribution < -0.4 is 0 Å². The predicted octanol–water partition coefficient (Wildman–Crippen LogP) is 3.23. The van der Waals surface area contributed by atoms with Gasteiger partial charge in [-0.05, 0) is 5.54 Å². The molecule has 0 spiro atoms. The van der Waals surface area contributed by atoms with Crippen molar-refractivity contribution >= 4 is 18.5 Å². The second-order valence-corrected chi connectivity index (χ2v) is 9.91. The highest BCUT2D eigenvalue weighted by atomic mass is 35.6. The Bertz CT molecular complexity index is 65.4. The Balaban J connectivity index is 3.62. The maximum absolute atomic E-state index is 6.12. The van der Waals surface area contributed by atoms with E-state index in [2.05, 4.69) is 26.9 Å². The van der Waals surface area contributed by atoms with Gasteiger partial charge in [-0.15, -0.1) is 0 Å². The quantitative estimate of drug-likeness (QED) is 0.419. The molecule has 0 aliphatic heterocycles. The van der Waals surface area contributed by atoms with Gasteiger partial charge in [0.1, 0.15) is 0 Å². The molecule has 0 aliphatic carbocycles. The van der Waals surface area contributed by atoms with E-state index in [1.165, 1.54) is 6.42 Å². The Morgan fingerprint density at radius 1 is 1.50 bits per heavy atom. The van der Waals surface area contributed by atoms with Crippen LogP contribution in [0, 0.1) is 0 Å². The summed E-state index contributed by atoms with van der Waals surface area (Å²) in [5.41, 5.74) is 0.754. The van der Waals surface area contributed by atoms with Crippen LogP contribution in [0.2, 0.25) is 18.6 Å². The molecule has 50 valence electrons. The van der Waals surface area contributed by atoms with Crippen LogP contribution in [-0.2, 0) is 0 Å². The first-order chi connectivity index (χ1) is 3.48. The zero-order valence-corrected chi connectivity index (χ0v) is 7.92. The van der Waals surface area contributed by atoms with Crippen molar-refractivity contribution in [2.75, 3.05) is 0 Å². The van der Waals surface area contributed by atoms with Crippen LogP contribution in [-0.4, -0.2) is 7.38 Å². The zero-order chi connectivity index (χ0) is 6.78. The standard InChI is InChI=1S/C6H15ClSi/c1-5-6(2)8(3,4)7/h6H,5H2,1-4H3.